The molecule has 5 rings (SSSR count). The number of halogens is 1. The fraction of sp³-hybridized carbons (Fsp3) is 0.148. The van der Waals surface area contributed by atoms with Crippen molar-refractivity contribution in [2.75, 3.05) is 20.0 Å². The van der Waals surface area contributed by atoms with Crippen molar-refractivity contribution < 1.29 is 9.67 Å². The molecule has 0 spiro atoms. The largest absolute Gasteiger partial charge is 0.374 e. The molecule has 0 bridgehead atoms. The minimum atomic E-state index is -1.64. The number of nitrogens with zero attached hydrogens (tertiary/aromatic N) is 2. The first-order valence-electron chi connectivity index (χ1n) is 11.1. The molecule has 3 heterocycles. The molecule has 9 heteroatoms. The number of hydrogen-bond donors (Lipinski definition) is 3. The van der Waals surface area contributed by atoms with Crippen LogP contribution in [0.5, 0.6) is 0 Å². The number of rotatable bonds is 4. The van der Waals surface area contributed by atoms with E-state index in [4.69, 9.17) is 0 Å². The average Bonchev–Trinajstić information content (AvgIpc) is 3.38. The van der Waals surface area contributed by atoms with Gasteiger partial charge in [0.15, 0.2) is 5.60 Å². The quantitative estimate of drug-likeness (QED) is 0.246. The number of aliphatic hydroxyl groups is 1. The molecule has 1 atom stereocenters. The summed E-state index contributed by atoms with van der Waals surface area (Å²) in [5, 5.41) is 12.8. The summed E-state index contributed by atoms with van der Waals surface area (Å²) in [6.45, 7) is 5.23. The highest BCUT2D eigenvalue weighted by Gasteiger charge is 2.36. The highest BCUT2D eigenvalue weighted by molar-refractivity contribution is 9.10. The highest BCUT2D eigenvalue weighted by Crippen LogP contribution is 2.38. The predicted molar refractivity (Wildman–Crippen MR) is 148 cm³/mol. The molecule has 3 aromatic heterocycles. The van der Waals surface area contributed by atoms with Crippen LogP contribution in [0.2, 0.25) is 0 Å². The lowest BCUT2D eigenvalue weighted by molar-refractivity contribution is 0.121. The summed E-state index contributed by atoms with van der Waals surface area (Å²) in [5.74, 6) is 0. The van der Waals surface area contributed by atoms with Gasteiger partial charge in [0.05, 0.1) is 25.4 Å². The summed E-state index contributed by atoms with van der Waals surface area (Å²) in [6.07, 6.45) is 6.41. The third kappa shape index (κ3) is 5.73. The summed E-state index contributed by atoms with van der Waals surface area (Å²) in [5.41, 5.74) is 2.41. The van der Waals surface area contributed by atoms with E-state index in [1.165, 1.54) is 6.33 Å². The van der Waals surface area contributed by atoms with Crippen molar-refractivity contribution in [3.05, 3.63) is 117 Å². The van der Waals surface area contributed by atoms with Crippen LogP contribution in [0.15, 0.2) is 94.8 Å². The van der Waals surface area contributed by atoms with Crippen LogP contribution >= 0.6 is 23.1 Å². The van der Waals surface area contributed by atoms with Crippen molar-refractivity contribution in [2.24, 2.45) is 0 Å². The van der Waals surface area contributed by atoms with Gasteiger partial charge in [-0.2, -0.15) is 0 Å². The van der Waals surface area contributed by atoms with E-state index in [1.54, 1.807) is 50.7 Å². The Balaban J connectivity index is 0.000000556. The Bertz CT molecular complexity index is 1590. The van der Waals surface area contributed by atoms with Crippen LogP contribution in [-0.2, 0) is 10.2 Å². The smallest absolute Gasteiger partial charge is 0.249 e. The van der Waals surface area contributed by atoms with Crippen molar-refractivity contribution >= 4 is 34.0 Å². The highest BCUT2D eigenvalue weighted by atomic mass is 79.9. The van der Waals surface area contributed by atoms with E-state index in [-0.39, 0.29) is 5.56 Å². The Hall–Kier alpha value is -3.32. The van der Waals surface area contributed by atoms with E-state index in [1.807, 2.05) is 48.5 Å². The second kappa shape index (κ2) is 10.3. The van der Waals surface area contributed by atoms with Crippen LogP contribution in [0.1, 0.15) is 16.8 Å². The first kappa shape index (κ1) is 25.8. The molecule has 0 saturated heterocycles. The van der Waals surface area contributed by atoms with E-state index >= 15 is 0 Å². The number of aromatic nitrogens is 4. The van der Waals surface area contributed by atoms with E-state index in [0.717, 1.165) is 21.0 Å². The molecule has 0 amide bonds. The Labute approximate surface area is 217 Å². The fourth-order valence-corrected chi connectivity index (χ4v) is 4.24. The zero-order valence-electron chi connectivity index (χ0n) is 20.1. The molecule has 7 nitrogen and oxygen atoms in total. The summed E-state index contributed by atoms with van der Waals surface area (Å²) in [6, 6.07) is 18.6. The molecule has 3 N–H and O–H groups in total. The topological polar surface area (TPSA) is 112 Å². The summed E-state index contributed by atoms with van der Waals surface area (Å²) in [7, 11) is -1.64. The third-order valence-corrected chi connectivity index (χ3v) is 5.79. The normalized spacial score (nSPS) is 13.0. The monoisotopic (exact) mass is 564 g/mol. The van der Waals surface area contributed by atoms with Crippen LogP contribution in [-0.4, -0.2) is 45.0 Å². The third-order valence-electron chi connectivity index (χ3n) is 5.36. The lowest BCUT2D eigenvalue weighted by Crippen LogP contribution is -2.29. The van der Waals surface area contributed by atoms with Gasteiger partial charge in [0.1, 0.15) is 0 Å². The molecule has 0 radical (unpaired) electrons. The molecule has 0 aliphatic rings. The number of nitrogens with one attached hydrogen (secondary N) is 2. The zero-order chi connectivity index (χ0) is 25.9. The number of pyridine rings is 2. The maximum atomic E-state index is 12.3. The lowest BCUT2D eigenvalue weighted by Gasteiger charge is -2.28. The minimum Gasteiger partial charge on any atom is -0.374 e. The van der Waals surface area contributed by atoms with Gasteiger partial charge in [-0.05, 0) is 70.8 Å². The maximum absolute atomic E-state index is 12.3. The molecular formula is C27H26BrN4O3P. The van der Waals surface area contributed by atoms with Crippen molar-refractivity contribution in [1.29, 1.82) is 0 Å². The van der Waals surface area contributed by atoms with Crippen molar-refractivity contribution in [1.82, 2.24) is 19.9 Å². The molecule has 0 aliphatic carbocycles. The van der Waals surface area contributed by atoms with Crippen molar-refractivity contribution in [3.8, 4) is 11.1 Å². The van der Waals surface area contributed by atoms with Gasteiger partial charge in [-0.15, -0.1) is 0 Å². The minimum absolute atomic E-state index is 0.181. The van der Waals surface area contributed by atoms with E-state index < -0.39 is 12.7 Å². The molecule has 0 fully saturated rings. The van der Waals surface area contributed by atoms with Gasteiger partial charge >= 0.3 is 0 Å². The molecule has 5 aromatic rings. The molecule has 0 saturated carbocycles. The molecular weight excluding hydrogens is 539 g/mol. The Morgan fingerprint density at radius 2 is 1.64 bits per heavy atom. The summed E-state index contributed by atoms with van der Waals surface area (Å²) >= 11 is 3.44. The first-order valence-corrected chi connectivity index (χ1v) is 15.0. The van der Waals surface area contributed by atoms with Crippen LogP contribution < -0.4 is 5.56 Å². The van der Waals surface area contributed by atoms with Crippen LogP contribution in [0.4, 0.5) is 0 Å². The van der Waals surface area contributed by atoms with Crippen molar-refractivity contribution in [3.63, 3.8) is 0 Å². The molecule has 1 unspecified atom stereocenters. The van der Waals surface area contributed by atoms with Gasteiger partial charge in [0, 0.05) is 39.4 Å². The number of fused-ring (bicyclic) bond motifs is 1. The van der Waals surface area contributed by atoms with Gasteiger partial charge in [-0.1, -0.05) is 36.4 Å². The molecule has 36 heavy (non-hydrogen) atoms. The number of H-pyrrole nitrogens is 2. The van der Waals surface area contributed by atoms with Crippen LogP contribution in [0, 0.1) is 0 Å². The molecule has 184 valence electrons. The van der Waals surface area contributed by atoms with Gasteiger partial charge in [-0.3, -0.25) is 9.78 Å². The Morgan fingerprint density at radius 1 is 0.917 bits per heavy atom. The van der Waals surface area contributed by atoms with Crippen LogP contribution in [0.25, 0.3) is 22.0 Å². The number of imidazole rings is 1. The predicted octanol–water partition coefficient (Wildman–Crippen LogP) is 5.60. The van der Waals surface area contributed by atoms with E-state index in [2.05, 4.69) is 35.9 Å². The second-order valence-corrected chi connectivity index (χ2v) is 13.8. The Morgan fingerprint density at radius 3 is 2.28 bits per heavy atom. The standard InChI is InChI=1S/C24H17BrN4O2.C3H9OP/c25-18-8-17(11-26-12-18)24(31,22-13-27-14-28-22)16-6-7-21-20(9-16)19(10-23(30)29-21)15-4-2-1-3-5-15;1-5(2,3)4/h1-14,31H,(H,27,28)(H,29,30);1-3H3. The Kier molecular flexibility index (Phi) is 7.41. The maximum Gasteiger partial charge on any atom is 0.249 e. The zero-order valence-corrected chi connectivity index (χ0v) is 22.5. The van der Waals surface area contributed by atoms with Gasteiger partial charge < -0.3 is 19.6 Å². The lowest BCUT2D eigenvalue weighted by atomic mass is 9.83. The molecule has 2 aromatic carbocycles. The SMILES string of the molecule is CP(C)(C)=O.O=c1cc(-c2ccccc2)c2cc(C(O)(c3cncc(Br)c3)c3cnc[nH]3)ccc2[nH]1. The number of benzene rings is 2. The van der Waals surface area contributed by atoms with Crippen molar-refractivity contribution in [2.45, 2.75) is 5.60 Å². The van der Waals surface area contributed by atoms with Crippen LogP contribution in [0.3, 0.4) is 0 Å². The fourth-order valence-electron chi connectivity index (χ4n) is 3.88. The van der Waals surface area contributed by atoms with E-state index in [9.17, 15) is 14.5 Å². The first-order chi connectivity index (χ1) is 17.1. The second-order valence-electron chi connectivity index (χ2n) is 9.13. The summed E-state index contributed by atoms with van der Waals surface area (Å²) < 4.78 is 11.0. The van der Waals surface area contributed by atoms with Gasteiger partial charge in [0.25, 0.3) is 0 Å². The average molecular weight is 565 g/mol. The van der Waals surface area contributed by atoms with Gasteiger partial charge in [0.2, 0.25) is 5.56 Å². The van der Waals surface area contributed by atoms with Gasteiger partial charge in [-0.25, -0.2) is 4.98 Å². The summed E-state index contributed by atoms with van der Waals surface area (Å²) in [4.78, 5) is 26.5. The van der Waals surface area contributed by atoms with E-state index in [0.29, 0.717) is 22.3 Å². The number of hydrogen-bond acceptors (Lipinski definition) is 5. The molecule has 0 aliphatic heterocycles. The number of aromatic amines is 2.